The first-order chi connectivity index (χ1) is 12.1. The number of hydrogen-bond acceptors (Lipinski definition) is 7. The molecule has 0 spiro atoms. The lowest BCUT2D eigenvalue weighted by molar-refractivity contribution is 0.555. The summed E-state index contributed by atoms with van der Waals surface area (Å²) in [7, 11) is 0. The first kappa shape index (κ1) is 15.4. The minimum absolute atomic E-state index is 0.139. The van der Waals surface area contributed by atoms with Gasteiger partial charge in [-0.15, -0.1) is 16.4 Å². The van der Waals surface area contributed by atoms with Crippen LogP contribution in [0.1, 0.15) is 18.5 Å². The summed E-state index contributed by atoms with van der Waals surface area (Å²) in [5.41, 5.74) is -0.985. The zero-order chi connectivity index (χ0) is 17.4. The maximum Gasteiger partial charge on any atom is 0.317 e. The van der Waals surface area contributed by atoms with Gasteiger partial charge in [0.1, 0.15) is 16.2 Å². The Bertz CT molecular complexity index is 1070. The van der Waals surface area contributed by atoms with Crippen LogP contribution in [0.2, 0.25) is 0 Å². The second-order valence-corrected chi connectivity index (χ2v) is 6.69. The normalized spacial score (nSPS) is 14.8. The van der Waals surface area contributed by atoms with Gasteiger partial charge >= 0.3 is 11.1 Å². The van der Waals surface area contributed by atoms with Crippen LogP contribution >= 0.6 is 11.3 Å². The molecule has 0 saturated heterocycles. The minimum Gasteiger partial charge on any atom is -0.303 e. The van der Waals surface area contributed by atoms with Crippen LogP contribution in [0.15, 0.2) is 45.7 Å². The number of thiazole rings is 1. The topological polar surface area (TPSA) is 106 Å². The maximum atomic E-state index is 12.3. The van der Waals surface area contributed by atoms with Gasteiger partial charge in [0.05, 0.1) is 18.3 Å². The van der Waals surface area contributed by atoms with Gasteiger partial charge in [-0.2, -0.15) is 10.4 Å². The number of nitriles is 1. The van der Waals surface area contributed by atoms with Gasteiger partial charge in [0, 0.05) is 24.0 Å². The van der Waals surface area contributed by atoms with E-state index >= 15 is 0 Å². The number of nitrogens with zero attached hydrogens (tertiary/aromatic N) is 6. The van der Waals surface area contributed by atoms with Crippen LogP contribution in [0, 0.1) is 11.3 Å². The molecule has 4 rings (SSSR count). The first-order valence-electron chi connectivity index (χ1n) is 7.59. The molecule has 25 heavy (non-hydrogen) atoms. The van der Waals surface area contributed by atoms with E-state index in [9.17, 15) is 14.9 Å². The van der Waals surface area contributed by atoms with E-state index in [1.165, 1.54) is 32.9 Å². The third-order valence-corrected chi connectivity index (χ3v) is 4.95. The lowest BCUT2D eigenvalue weighted by Gasteiger charge is -2.11. The second-order valence-electron chi connectivity index (χ2n) is 5.80. The summed E-state index contributed by atoms with van der Waals surface area (Å²) in [5, 5.41) is 20.0. The summed E-state index contributed by atoms with van der Waals surface area (Å²) >= 11 is 1.46. The van der Waals surface area contributed by atoms with Crippen molar-refractivity contribution in [1.29, 1.82) is 5.26 Å². The first-order valence-corrected chi connectivity index (χ1v) is 8.47. The van der Waals surface area contributed by atoms with Crippen LogP contribution in [-0.4, -0.2) is 24.3 Å². The summed E-state index contributed by atoms with van der Waals surface area (Å²) in [6.07, 6.45) is 5.89. The molecule has 1 fully saturated rings. The molecule has 1 aliphatic carbocycles. The summed E-state index contributed by atoms with van der Waals surface area (Å²) in [6.45, 7) is 0.139. The monoisotopic (exact) mass is 352 g/mol. The average Bonchev–Trinajstić information content (AvgIpc) is 3.23. The van der Waals surface area contributed by atoms with E-state index in [2.05, 4.69) is 21.3 Å². The van der Waals surface area contributed by atoms with Gasteiger partial charge in [-0.1, -0.05) is 0 Å². The largest absolute Gasteiger partial charge is 0.317 e. The second kappa shape index (κ2) is 5.75. The Kier molecular flexibility index (Phi) is 3.54. The number of rotatable bonds is 4. The van der Waals surface area contributed by atoms with Crippen LogP contribution < -0.4 is 11.1 Å². The fourth-order valence-corrected chi connectivity index (χ4v) is 3.18. The quantitative estimate of drug-likeness (QED) is 0.648. The lowest BCUT2D eigenvalue weighted by Crippen LogP contribution is -2.44. The van der Waals surface area contributed by atoms with Crippen molar-refractivity contribution in [2.45, 2.75) is 24.9 Å². The molecule has 1 saturated carbocycles. The average molecular weight is 352 g/mol. The number of aromatic nitrogens is 5. The molecule has 3 heterocycles. The van der Waals surface area contributed by atoms with E-state index < -0.39 is 16.7 Å². The van der Waals surface area contributed by atoms with Crippen molar-refractivity contribution in [1.82, 2.24) is 24.3 Å². The standard InChI is InChI=1S/C16H12N6O2S/c17-10-16(3-4-16)22-7-6-21(14(23)15(22)24)9-11-1-2-12(20-19-11)13-18-5-8-25-13/h1-2,5-8H,3-4,9H2. The molecule has 0 bridgehead atoms. The van der Waals surface area contributed by atoms with Crippen LogP contribution in [0.3, 0.4) is 0 Å². The molecule has 8 nitrogen and oxygen atoms in total. The zero-order valence-corrected chi connectivity index (χ0v) is 13.8. The SMILES string of the molecule is N#CC1(n2ccn(Cc3ccc(-c4nccs4)nn3)c(=O)c2=O)CC1. The molecule has 0 aliphatic heterocycles. The molecular formula is C16H12N6O2S. The third-order valence-electron chi connectivity index (χ3n) is 4.15. The Morgan fingerprint density at radius 1 is 1.20 bits per heavy atom. The van der Waals surface area contributed by atoms with E-state index in [1.807, 2.05) is 5.38 Å². The predicted molar refractivity (Wildman–Crippen MR) is 90.0 cm³/mol. The Balaban J connectivity index is 1.61. The molecule has 9 heteroatoms. The fourth-order valence-electron chi connectivity index (χ4n) is 2.58. The summed E-state index contributed by atoms with van der Waals surface area (Å²) in [4.78, 5) is 28.7. The van der Waals surface area contributed by atoms with Crippen LogP contribution in [0.25, 0.3) is 10.7 Å². The molecule has 0 atom stereocenters. The highest BCUT2D eigenvalue weighted by molar-refractivity contribution is 7.13. The van der Waals surface area contributed by atoms with Gasteiger partial charge in [0.15, 0.2) is 0 Å². The van der Waals surface area contributed by atoms with E-state index in [1.54, 1.807) is 18.3 Å². The van der Waals surface area contributed by atoms with Gasteiger partial charge in [0.25, 0.3) is 0 Å². The van der Waals surface area contributed by atoms with Crippen LogP contribution in [-0.2, 0) is 12.1 Å². The lowest BCUT2D eigenvalue weighted by atomic mass is 10.3. The highest BCUT2D eigenvalue weighted by atomic mass is 32.1. The van der Waals surface area contributed by atoms with Crippen molar-refractivity contribution in [3.05, 3.63) is 62.5 Å². The molecule has 1 aliphatic rings. The van der Waals surface area contributed by atoms with E-state index in [0.717, 1.165) is 5.01 Å². The molecule has 0 N–H and O–H groups in total. The van der Waals surface area contributed by atoms with Gasteiger partial charge in [-0.3, -0.25) is 14.2 Å². The van der Waals surface area contributed by atoms with Crippen molar-refractivity contribution in [2.24, 2.45) is 0 Å². The highest BCUT2D eigenvalue weighted by Gasteiger charge is 2.46. The van der Waals surface area contributed by atoms with Gasteiger partial charge in [-0.05, 0) is 25.0 Å². The van der Waals surface area contributed by atoms with Crippen molar-refractivity contribution in [2.75, 3.05) is 0 Å². The van der Waals surface area contributed by atoms with E-state index in [-0.39, 0.29) is 6.54 Å². The Morgan fingerprint density at radius 3 is 2.64 bits per heavy atom. The predicted octanol–water partition coefficient (Wildman–Crippen LogP) is 0.984. The molecule has 0 amide bonds. The van der Waals surface area contributed by atoms with Crippen LogP contribution in [0.4, 0.5) is 0 Å². The summed E-state index contributed by atoms with van der Waals surface area (Å²) in [6, 6.07) is 5.64. The van der Waals surface area contributed by atoms with Crippen molar-refractivity contribution in [3.8, 4) is 16.8 Å². The summed E-state index contributed by atoms with van der Waals surface area (Å²) < 4.78 is 2.52. The van der Waals surface area contributed by atoms with Gasteiger partial charge < -0.3 is 4.57 Å². The Hall–Kier alpha value is -3.12. The van der Waals surface area contributed by atoms with Crippen molar-refractivity contribution < 1.29 is 0 Å². The summed E-state index contributed by atoms with van der Waals surface area (Å²) in [5.74, 6) is 0. The van der Waals surface area contributed by atoms with Crippen molar-refractivity contribution in [3.63, 3.8) is 0 Å². The fraction of sp³-hybridized carbons (Fsp3) is 0.250. The van der Waals surface area contributed by atoms with Gasteiger partial charge in [0.2, 0.25) is 0 Å². The van der Waals surface area contributed by atoms with Gasteiger partial charge in [-0.25, -0.2) is 4.98 Å². The van der Waals surface area contributed by atoms with Crippen LogP contribution in [0.5, 0.6) is 0 Å². The maximum absolute atomic E-state index is 12.3. The smallest absolute Gasteiger partial charge is 0.303 e. The molecular weight excluding hydrogens is 340 g/mol. The zero-order valence-electron chi connectivity index (χ0n) is 13.0. The Labute approximate surface area is 145 Å². The third kappa shape index (κ3) is 2.66. The Morgan fingerprint density at radius 2 is 2.04 bits per heavy atom. The molecule has 3 aromatic rings. The highest BCUT2D eigenvalue weighted by Crippen LogP contribution is 2.41. The van der Waals surface area contributed by atoms with E-state index in [0.29, 0.717) is 24.2 Å². The molecule has 0 unspecified atom stereocenters. The molecule has 0 aromatic carbocycles. The van der Waals surface area contributed by atoms with E-state index in [4.69, 9.17) is 0 Å². The molecule has 3 aromatic heterocycles. The number of hydrogen-bond donors (Lipinski definition) is 0. The van der Waals surface area contributed by atoms with Crippen molar-refractivity contribution >= 4 is 11.3 Å². The molecule has 0 radical (unpaired) electrons. The molecule has 124 valence electrons. The minimum atomic E-state index is -0.843.